The van der Waals surface area contributed by atoms with Crippen molar-refractivity contribution in [3.8, 4) is 0 Å². The first kappa shape index (κ1) is 25.2. The van der Waals surface area contributed by atoms with E-state index in [1.807, 2.05) is 39.8 Å². The van der Waals surface area contributed by atoms with Crippen molar-refractivity contribution in [1.82, 2.24) is 9.97 Å². The first-order valence-corrected chi connectivity index (χ1v) is 12.3. The number of hydrogen-bond donors (Lipinski definition) is 0. The molecule has 2 aliphatic rings. The molecule has 0 bridgehead atoms. The minimum Gasteiger partial charge on any atom is -0.395 e. The van der Waals surface area contributed by atoms with Crippen LogP contribution in [0.3, 0.4) is 0 Å². The number of pyridine rings is 2. The van der Waals surface area contributed by atoms with Crippen molar-refractivity contribution in [2.75, 3.05) is 13.2 Å². The lowest BCUT2D eigenvalue weighted by atomic mass is 9.91. The maximum absolute atomic E-state index is 13.2. The topological polar surface area (TPSA) is 69.0 Å². The second-order valence-corrected chi connectivity index (χ2v) is 10.3. The fraction of sp³-hybridized carbons (Fsp3) is 0.556. The van der Waals surface area contributed by atoms with Crippen LogP contribution in [0.2, 0.25) is 0 Å². The van der Waals surface area contributed by atoms with E-state index in [2.05, 4.69) is 20.3 Å². The van der Waals surface area contributed by atoms with Crippen LogP contribution in [-0.4, -0.2) is 34.6 Å². The first-order valence-electron chi connectivity index (χ1n) is 12.3. The van der Waals surface area contributed by atoms with E-state index >= 15 is 0 Å². The van der Waals surface area contributed by atoms with Gasteiger partial charge < -0.3 is 9.68 Å². The molecule has 0 saturated carbocycles. The Bertz CT molecular complexity index is 1060. The van der Waals surface area contributed by atoms with Gasteiger partial charge in [-0.05, 0) is 86.8 Å². The Morgan fingerprint density at radius 1 is 0.771 bits per heavy atom. The van der Waals surface area contributed by atoms with Crippen LogP contribution in [0.25, 0.3) is 0 Å². The Labute approximate surface area is 205 Å². The highest BCUT2D eigenvalue weighted by Crippen LogP contribution is 2.27. The second-order valence-electron chi connectivity index (χ2n) is 10.3. The van der Waals surface area contributed by atoms with E-state index < -0.39 is 13.3 Å². The summed E-state index contributed by atoms with van der Waals surface area (Å²) < 4.78 is 26.4. The molecule has 188 valence electrons. The summed E-state index contributed by atoms with van der Waals surface area (Å²) in [6.07, 6.45) is 5.29. The molecule has 0 spiro atoms. The van der Waals surface area contributed by atoms with Gasteiger partial charge in [0.2, 0.25) is 0 Å². The van der Waals surface area contributed by atoms with Gasteiger partial charge in [-0.2, -0.15) is 0 Å². The lowest BCUT2D eigenvalue weighted by molar-refractivity contribution is -0.000314. The van der Waals surface area contributed by atoms with Crippen LogP contribution in [0.15, 0.2) is 22.4 Å². The van der Waals surface area contributed by atoms with Crippen molar-refractivity contribution >= 4 is 11.4 Å². The highest BCUT2D eigenvalue weighted by atomic mass is 19.1. The number of fused-ring (bicyclic) bond motifs is 2. The molecule has 0 atom stereocenters. The van der Waals surface area contributed by atoms with Crippen LogP contribution in [0.1, 0.15) is 84.6 Å². The molecule has 8 heteroatoms. The van der Waals surface area contributed by atoms with Crippen LogP contribution >= 0.6 is 0 Å². The number of hydrogen-bond acceptors (Lipinski definition) is 6. The summed E-state index contributed by atoms with van der Waals surface area (Å²) in [5, 5.41) is 8.76. The van der Waals surface area contributed by atoms with Gasteiger partial charge in [0.05, 0.1) is 22.8 Å². The third-order valence-electron chi connectivity index (χ3n) is 6.56. The largest absolute Gasteiger partial charge is 0.395 e. The van der Waals surface area contributed by atoms with Crippen molar-refractivity contribution in [1.29, 1.82) is 0 Å². The Balaban J connectivity index is 1.39. The van der Waals surface area contributed by atoms with Crippen LogP contribution in [-0.2, 0) is 35.9 Å². The van der Waals surface area contributed by atoms with E-state index in [0.717, 1.165) is 83.6 Å². The summed E-state index contributed by atoms with van der Waals surface area (Å²) in [5.41, 5.74) is 7.92. The van der Waals surface area contributed by atoms with Crippen LogP contribution < -0.4 is 0 Å². The third-order valence-corrected chi connectivity index (χ3v) is 6.56. The van der Waals surface area contributed by atoms with Gasteiger partial charge in [-0.15, -0.1) is 0 Å². The summed E-state index contributed by atoms with van der Waals surface area (Å²) in [7, 11) is 0. The molecule has 0 radical (unpaired) electrons. The summed E-state index contributed by atoms with van der Waals surface area (Å²) >= 11 is 0. The number of nitrogens with zero attached hydrogens (tertiary/aromatic N) is 4. The number of oxime groups is 2. The minimum absolute atomic E-state index is 0.332. The molecule has 6 nitrogen and oxygen atoms in total. The van der Waals surface area contributed by atoms with Crippen LogP contribution in [0.4, 0.5) is 8.78 Å². The van der Waals surface area contributed by atoms with Gasteiger partial charge in [-0.1, -0.05) is 24.2 Å². The van der Waals surface area contributed by atoms with Gasteiger partial charge in [0.25, 0.3) is 0 Å². The number of aromatic nitrogens is 2. The molecular formula is C27H34F2N4O2. The Morgan fingerprint density at radius 3 is 1.60 bits per heavy atom. The average Bonchev–Trinajstić information content (AvgIpc) is 2.84. The SMILES string of the molecule is Cc1cc(CF)nc2c1CCC/C2=N\OCC(C)(C)CO/N=C1\CCCc2c(C)cc(CF)nc21. The number of rotatable bonds is 8. The summed E-state index contributed by atoms with van der Waals surface area (Å²) in [5.74, 6) is 0. The van der Waals surface area contributed by atoms with Crippen molar-refractivity contribution < 1.29 is 18.5 Å². The molecule has 2 aliphatic carbocycles. The predicted molar refractivity (Wildman–Crippen MR) is 132 cm³/mol. The molecule has 2 aromatic rings. The van der Waals surface area contributed by atoms with Crippen molar-refractivity contribution in [2.45, 2.75) is 79.6 Å². The predicted octanol–water partition coefficient (Wildman–Crippen LogP) is 5.87. The van der Waals surface area contributed by atoms with Gasteiger partial charge in [0, 0.05) is 5.41 Å². The van der Waals surface area contributed by atoms with Gasteiger partial charge in [0.1, 0.15) is 38.0 Å². The molecule has 0 N–H and O–H groups in total. The van der Waals surface area contributed by atoms with E-state index in [1.54, 1.807) is 0 Å². The molecule has 0 aromatic carbocycles. The average molecular weight is 485 g/mol. The third kappa shape index (κ3) is 5.85. The summed E-state index contributed by atoms with van der Waals surface area (Å²) in [6.45, 7) is 7.50. The molecular weight excluding hydrogens is 450 g/mol. The van der Waals surface area contributed by atoms with Crippen LogP contribution in [0, 0.1) is 19.3 Å². The molecule has 0 aliphatic heterocycles. The van der Waals surface area contributed by atoms with Crippen molar-refractivity contribution in [3.05, 3.63) is 57.2 Å². The molecule has 0 saturated heterocycles. The molecule has 0 fully saturated rings. The van der Waals surface area contributed by atoms with Gasteiger partial charge in [-0.3, -0.25) is 0 Å². The molecule has 4 rings (SSSR count). The number of halogens is 2. The van der Waals surface area contributed by atoms with E-state index in [1.165, 1.54) is 0 Å². The maximum Gasteiger partial charge on any atom is 0.131 e. The fourth-order valence-electron chi connectivity index (χ4n) is 4.67. The molecule has 35 heavy (non-hydrogen) atoms. The second kappa shape index (κ2) is 10.8. The lowest BCUT2D eigenvalue weighted by Gasteiger charge is -2.23. The Hall–Kier alpha value is -2.90. The van der Waals surface area contributed by atoms with E-state index in [9.17, 15) is 8.78 Å². The zero-order valence-corrected chi connectivity index (χ0v) is 21.1. The smallest absolute Gasteiger partial charge is 0.131 e. The first-order chi connectivity index (χ1) is 16.8. The minimum atomic E-state index is -0.593. The number of aryl methyl sites for hydroxylation is 2. The zero-order chi connectivity index (χ0) is 25.0. The van der Waals surface area contributed by atoms with Crippen LogP contribution in [0.5, 0.6) is 0 Å². The molecule has 0 amide bonds. The zero-order valence-electron chi connectivity index (χ0n) is 21.1. The Morgan fingerprint density at radius 2 is 1.20 bits per heavy atom. The fourth-order valence-corrected chi connectivity index (χ4v) is 4.67. The van der Waals surface area contributed by atoms with Gasteiger partial charge >= 0.3 is 0 Å². The normalized spacial score (nSPS) is 17.9. The maximum atomic E-state index is 13.2. The van der Waals surface area contributed by atoms with E-state index in [0.29, 0.717) is 24.6 Å². The van der Waals surface area contributed by atoms with E-state index in [4.69, 9.17) is 9.68 Å². The van der Waals surface area contributed by atoms with Gasteiger partial charge in [-0.25, -0.2) is 18.7 Å². The van der Waals surface area contributed by atoms with E-state index in [-0.39, 0.29) is 5.41 Å². The standard InChI is InChI=1S/C27H34F2N4O2/c1-17-11-19(13-28)30-25-21(17)7-5-9-23(25)32-34-15-27(3,4)16-35-33-24-10-6-8-22-18(2)12-20(14-29)31-26(22)24/h11-12H,5-10,13-16H2,1-4H3/b32-23+,33-24+. The highest BCUT2D eigenvalue weighted by molar-refractivity contribution is 6.01. The lowest BCUT2D eigenvalue weighted by Crippen LogP contribution is -2.25. The summed E-state index contributed by atoms with van der Waals surface area (Å²) in [4.78, 5) is 20.4. The number of alkyl halides is 2. The Kier molecular flexibility index (Phi) is 7.77. The monoisotopic (exact) mass is 484 g/mol. The van der Waals surface area contributed by atoms with Crippen molar-refractivity contribution in [3.63, 3.8) is 0 Å². The van der Waals surface area contributed by atoms with Crippen molar-refractivity contribution in [2.24, 2.45) is 15.7 Å². The molecule has 2 aromatic heterocycles. The quantitative estimate of drug-likeness (QED) is 0.439. The van der Waals surface area contributed by atoms with Gasteiger partial charge in [0.15, 0.2) is 0 Å². The molecule has 2 heterocycles. The highest BCUT2D eigenvalue weighted by Gasteiger charge is 2.25. The molecule has 0 unspecified atom stereocenters. The summed E-state index contributed by atoms with van der Waals surface area (Å²) in [6, 6.07) is 3.62.